The average Bonchev–Trinajstić information content (AvgIpc) is 3.22. The summed E-state index contributed by atoms with van der Waals surface area (Å²) >= 11 is 0. The minimum Gasteiger partial charge on any atom is -0.378 e. The number of carbonyl (C=O) groups excluding carboxylic acids is 1. The fraction of sp³-hybridized carbons (Fsp3) is 0.214. The first-order valence-corrected chi connectivity index (χ1v) is 11.6. The van der Waals surface area contributed by atoms with E-state index in [1.807, 2.05) is 78.5 Å². The molecular formula is C28H28N4O2. The van der Waals surface area contributed by atoms with Gasteiger partial charge in [0.25, 0.3) is 0 Å². The van der Waals surface area contributed by atoms with E-state index >= 15 is 0 Å². The van der Waals surface area contributed by atoms with Crippen molar-refractivity contribution >= 4 is 40.1 Å². The van der Waals surface area contributed by atoms with Gasteiger partial charge >= 0.3 is 0 Å². The number of benzene rings is 3. The van der Waals surface area contributed by atoms with Gasteiger partial charge in [-0.1, -0.05) is 35.9 Å². The molecule has 1 N–H and O–H groups in total. The zero-order chi connectivity index (χ0) is 23.3. The van der Waals surface area contributed by atoms with E-state index in [0.717, 1.165) is 59.7 Å². The molecule has 5 rings (SSSR count). The topological polar surface area (TPSA) is 58.9 Å². The smallest absolute Gasteiger partial charge is 0.244 e. The van der Waals surface area contributed by atoms with Crippen LogP contribution in [-0.4, -0.2) is 43.0 Å². The highest BCUT2D eigenvalue weighted by atomic mass is 16.5. The standard InChI is InChI=1S/C28H28N4O2/c1-21-6-8-24(9-7-21)30-28(33)20-32-19-22(26-4-2-3-5-27(26)32)18-29-23-10-12-25(13-11-23)31-14-16-34-17-15-31/h2-13,18-19H,14-17,20H2,1H3,(H,30,33). The number of morpholine rings is 1. The predicted molar refractivity (Wildman–Crippen MR) is 138 cm³/mol. The Kier molecular flexibility index (Phi) is 6.40. The van der Waals surface area contributed by atoms with Crippen LogP contribution in [-0.2, 0) is 16.1 Å². The number of aliphatic imine (C=N–C) groups is 1. The monoisotopic (exact) mass is 452 g/mol. The van der Waals surface area contributed by atoms with Crippen molar-refractivity contribution < 1.29 is 9.53 Å². The van der Waals surface area contributed by atoms with Crippen molar-refractivity contribution in [3.05, 3.63) is 90.1 Å². The number of amides is 1. The molecule has 4 aromatic rings. The molecule has 1 aromatic heterocycles. The molecule has 34 heavy (non-hydrogen) atoms. The lowest BCUT2D eigenvalue weighted by molar-refractivity contribution is -0.116. The molecule has 2 heterocycles. The number of anilines is 2. The summed E-state index contributed by atoms with van der Waals surface area (Å²) in [6.07, 6.45) is 3.87. The van der Waals surface area contributed by atoms with Gasteiger partial charge in [0.05, 0.1) is 18.9 Å². The van der Waals surface area contributed by atoms with Crippen LogP contribution < -0.4 is 10.2 Å². The number of rotatable bonds is 6. The SMILES string of the molecule is Cc1ccc(NC(=O)Cn2cc(C=Nc3ccc(N4CCOCC4)cc3)c3ccccc32)cc1. The van der Waals surface area contributed by atoms with Crippen LogP contribution in [0.3, 0.4) is 0 Å². The molecule has 1 saturated heterocycles. The Labute approximate surface area is 199 Å². The van der Waals surface area contributed by atoms with Gasteiger partial charge in [-0.05, 0) is 49.4 Å². The quantitative estimate of drug-likeness (QED) is 0.410. The number of hydrogen-bond donors (Lipinski definition) is 1. The van der Waals surface area contributed by atoms with Crippen LogP contribution >= 0.6 is 0 Å². The minimum atomic E-state index is -0.0632. The van der Waals surface area contributed by atoms with E-state index in [2.05, 4.69) is 28.4 Å². The summed E-state index contributed by atoms with van der Waals surface area (Å²) in [5.74, 6) is -0.0632. The van der Waals surface area contributed by atoms with E-state index in [1.165, 1.54) is 5.69 Å². The van der Waals surface area contributed by atoms with Crippen LogP contribution in [0.4, 0.5) is 17.1 Å². The first kappa shape index (κ1) is 21.9. The summed E-state index contributed by atoms with van der Waals surface area (Å²) in [7, 11) is 0. The number of carbonyl (C=O) groups is 1. The molecule has 6 heteroatoms. The fourth-order valence-corrected chi connectivity index (χ4v) is 4.22. The van der Waals surface area contributed by atoms with Gasteiger partial charge in [-0.2, -0.15) is 0 Å². The van der Waals surface area contributed by atoms with Crippen molar-refractivity contribution in [2.24, 2.45) is 4.99 Å². The van der Waals surface area contributed by atoms with Crippen LogP contribution in [0.2, 0.25) is 0 Å². The highest BCUT2D eigenvalue weighted by Crippen LogP contribution is 2.23. The molecule has 0 radical (unpaired) electrons. The van der Waals surface area contributed by atoms with Crippen molar-refractivity contribution in [1.82, 2.24) is 4.57 Å². The number of aryl methyl sites for hydroxylation is 1. The van der Waals surface area contributed by atoms with E-state index in [1.54, 1.807) is 0 Å². The Morgan fingerprint density at radius 1 is 1.00 bits per heavy atom. The van der Waals surface area contributed by atoms with Gasteiger partial charge in [-0.25, -0.2) is 0 Å². The molecule has 0 bridgehead atoms. The number of fused-ring (bicyclic) bond motifs is 1. The fourth-order valence-electron chi connectivity index (χ4n) is 4.22. The molecule has 172 valence electrons. The summed E-state index contributed by atoms with van der Waals surface area (Å²) in [6, 6.07) is 24.2. The van der Waals surface area contributed by atoms with Gasteiger partial charge in [0.2, 0.25) is 5.91 Å². The second-order valence-corrected chi connectivity index (χ2v) is 8.52. The molecule has 1 aliphatic heterocycles. The summed E-state index contributed by atoms with van der Waals surface area (Å²) in [5.41, 5.74) is 6.04. The Morgan fingerprint density at radius 2 is 1.74 bits per heavy atom. The van der Waals surface area contributed by atoms with Gasteiger partial charge in [0.15, 0.2) is 0 Å². The number of nitrogens with one attached hydrogen (secondary N) is 1. The van der Waals surface area contributed by atoms with Crippen LogP contribution in [0.5, 0.6) is 0 Å². The molecule has 1 amide bonds. The third kappa shape index (κ3) is 5.02. The second-order valence-electron chi connectivity index (χ2n) is 8.52. The zero-order valence-corrected chi connectivity index (χ0v) is 19.3. The van der Waals surface area contributed by atoms with E-state index in [9.17, 15) is 4.79 Å². The third-order valence-electron chi connectivity index (χ3n) is 6.05. The van der Waals surface area contributed by atoms with E-state index < -0.39 is 0 Å². The van der Waals surface area contributed by atoms with E-state index in [4.69, 9.17) is 9.73 Å². The molecule has 0 spiro atoms. The molecule has 6 nitrogen and oxygen atoms in total. The molecular weight excluding hydrogens is 424 g/mol. The Balaban J connectivity index is 1.32. The number of nitrogens with zero attached hydrogens (tertiary/aromatic N) is 3. The normalized spacial score (nSPS) is 14.1. The average molecular weight is 453 g/mol. The molecule has 1 fully saturated rings. The second kappa shape index (κ2) is 9.93. The lowest BCUT2D eigenvalue weighted by atomic mass is 10.2. The van der Waals surface area contributed by atoms with Crippen molar-refractivity contribution in [2.45, 2.75) is 13.5 Å². The minimum absolute atomic E-state index is 0.0632. The van der Waals surface area contributed by atoms with Crippen molar-refractivity contribution in [3.8, 4) is 0 Å². The van der Waals surface area contributed by atoms with Crippen molar-refractivity contribution in [1.29, 1.82) is 0 Å². The maximum atomic E-state index is 12.7. The maximum Gasteiger partial charge on any atom is 0.244 e. The maximum absolute atomic E-state index is 12.7. The molecule has 0 unspecified atom stereocenters. The summed E-state index contributed by atoms with van der Waals surface area (Å²) in [6.45, 7) is 5.63. The van der Waals surface area contributed by atoms with Gasteiger partial charge in [0, 0.05) is 53.3 Å². The van der Waals surface area contributed by atoms with Crippen LogP contribution in [0, 0.1) is 6.92 Å². The highest BCUT2D eigenvalue weighted by Gasteiger charge is 2.12. The molecule has 3 aromatic carbocycles. The molecule has 0 aliphatic carbocycles. The highest BCUT2D eigenvalue weighted by molar-refractivity contribution is 6.01. The summed E-state index contributed by atoms with van der Waals surface area (Å²) < 4.78 is 7.41. The van der Waals surface area contributed by atoms with Crippen LogP contribution in [0.25, 0.3) is 10.9 Å². The third-order valence-corrected chi connectivity index (χ3v) is 6.05. The molecule has 0 atom stereocenters. The summed E-state index contributed by atoms with van der Waals surface area (Å²) in [4.78, 5) is 19.7. The lowest BCUT2D eigenvalue weighted by Gasteiger charge is -2.28. The van der Waals surface area contributed by atoms with Crippen molar-refractivity contribution in [3.63, 3.8) is 0 Å². The Bertz CT molecular complexity index is 1300. The number of aromatic nitrogens is 1. The molecule has 1 aliphatic rings. The summed E-state index contributed by atoms with van der Waals surface area (Å²) in [5, 5.41) is 4.05. The molecule has 0 saturated carbocycles. The van der Waals surface area contributed by atoms with Crippen LogP contribution in [0.15, 0.2) is 84.0 Å². The van der Waals surface area contributed by atoms with E-state index in [-0.39, 0.29) is 12.5 Å². The lowest BCUT2D eigenvalue weighted by Crippen LogP contribution is -2.36. The Hall–Kier alpha value is -3.90. The largest absolute Gasteiger partial charge is 0.378 e. The van der Waals surface area contributed by atoms with E-state index in [0.29, 0.717) is 0 Å². The van der Waals surface area contributed by atoms with Gasteiger partial charge in [-0.15, -0.1) is 0 Å². The van der Waals surface area contributed by atoms with Crippen LogP contribution in [0.1, 0.15) is 11.1 Å². The Morgan fingerprint density at radius 3 is 2.50 bits per heavy atom. The number of para-hydroxylation sites is 1. The van der Waals surface area contributed by atoms with Gasteiger partial charge in [-0.3, -0.25) is 9.79 Å². The van der Waals surface area contributed by atoms with Crippen molar-refractivity contribution in [2.75, 3.05) is 36.5 Å². The first-order chi connectivity index (χ1) is 16.7. The first-order valence-electron chi connectivity index (χ1n) is 11.6. The van der Waals surface area contributed by atoms with Gasteiger partial charge in [0.1, 0.15) is 6.54 Å². The number of ether oxygens (including phenoxy) is 1. The zero-order valence-electron chi connectivity index (χ0n) is 19.3. The predicted octanol–water partition coefficient (Wildman–Crippen LogP) is 5.18. The number of hydrogen-bond acceptors (Lipinski definition) is 4. The van der Waals surface area contributed by atoms with Gasteiger partial charge < -0.3 is 19.5 Å².